The zero-order valence-electron chi connectivity index (χ0n) is 7.21. The van der Waals surface area contributed by atoms with Crippen molar-refractivity contribution >= 4 is 11.8 Å². The van der Waals surface area contributed by atoms with Crippen molar-refractivity contribution in [2.75, 3.05) is 32.9 Å². The van der Waals surface area contributed by atoms with Crippen LogP contribution in [0.2, 0.25) is 0 Å². The minimum Gasteiger partial charge on any atom is -0.316 e. The van der Waals surface area contributed by atoms with Gasteiger partial charge in [-0.1, -0.05) is 0 Å². The molecule has 2 aliphatic rings. The first-order valence-corrected chi connectivity index (χ1v) is 5.33. The van der Waals surface area contributed by atoms with E-state index in [9.17, 15) is 0 Å². The molecule has 3 unspecified atom stereocenters. The smallest absolute Gasteiger partial charge is 0.0231 e. The van der Waals surface area contributed by atoms with Gasteiger partial charge >= 0.3 is 0 Å². The van der Waals surface area contributed by atoms with Crippen molar-refractivity contribution in [1.29, 1.82) is 0 Å². The lowest BCUT2D eigenvalue weighted by molar-refractivity contribution is 0.365. The lowest BCUT2D eigenvalue weighted by Crippen LogP contribution is -2.35. The van der Waals surface area contributed by atoms with Crippen LogP contribution in [0.25, 0.3) is 0 Å². The third-order valence-corrected chi connectivity index (χ3v) is 4.35. The average Bonchev–Trinajstić information content (AvgIpc) is 2.45. The molecule has 1 N–H and O–H groups in total. The van der Waals surface area contributed by atoms with Crippen LogP contribution in [0.5, 0.6) is 0 Å². The molecule has 0 aliphatic carbocycles. The number of hydrogen-bond acceptors (Lipinski definition) is 3. The van der Waals surface area contributed by atoms with Gasteiger partial charge in [0.1, 0.15) is 0 Å². The fourth-order valence-corrected chi connectivity index (χ4v) is 3.96. The molecular weight excluding hydrogens is 156 g/mol. The Balaban J connectivity index is 2.01. The van der Waals surface area contributed by atoms with Crippen LogP contribution in [0.4, 0.5) is 0 Å². The highest BCUT2D eigenvalue weighted by atomic mass is 32.2. The van der Waals surface area contributed by atoms with Crippen LogP contribution in [0.15, 0.2) is 0 Å². The van der Waals surface area contributed by atoms with Crippen molar-refractivity contribution in [3.8, 4) is 0 Å². The van der Waals surface area contributed by atoms with Gasteiger partial charge in [0.25, 0.3) is 0 Å². The molecule has 0 radical (unpaired) electrons. The molecule has 0 aromatic rings. The first kappa shape index (κ1) is 7.90. The summed E-state index contributed by atoms with van der Waals surface area (Å²) >= 11 is 2.15. The Labute approximate surface area is 72.7 Å². The van der Waals surface area contributed by atoms with Crippen LogP contribution in [-0.2, 0) is 0 Å². The highest BCUT2D eigenvalue weighted by Gasteiger charge is 2.41. The number of rotatable bonds is 1. The Morgan fingerprint density at radius 2 is 2.27 bits per heavy atom. The largest absolute Gasteiger partial charge is 0.316 e. The van der Waals surface area contributed by atoms with Crippen molar-refractivity contribution in [2.45, 2.75) is 11.3 Å². The van der Waals surface area contributed by atoms with Crippen molar-refractivity contribution < 1.29 is 0 Å². The van der Waals surface area contributed by atoms with E-state index in [0.29, 0.717) is 0 Å². The molecule has 0 bridgehead atoms. The molecule has 2 saturated heterocycles. The summed E-state index contributed by atoms with van der Waals surface area (Å²) in [7, 11) is 4.32. The van der Waals surface area contributed by atoms with Gasteiger partial charge in [-0.15, -0.1) is 0 Å². The number of likely N-dealkylation sites (tertiary alicyclic amines) is 1. The monoisotopic (exact) mass is 172 g/mol. The molecule has 0 spiro atoms. The number of nitrogens with one attached hydrogen (secondary N) is 1. The maximum Gasteiger partial charge on any atom is 0.0231 e. The average molecular weight is 172 g/mol. The van der Waals surface area contributed by atoms with E-state index in [4.69, 9.17) is 0 Å². The molecule has 0 amide bonds. The molecular formula is C8H16N2S. The fraction of sp³-hybridized carbons (Fsp3) is 1.00. The second-order valence-electron chi connectivity index (χ2n) is 3.65. The molecule has 2 rings (SSSR count). The van der Waals surface area contributed by atoms with E-state index in [2.05, 4.69) is 36.1 Å². The SMILES string of the molecule is CNC1CSC2CN(C)CC12. The minimum atomic E-state index is 0.773. The van der Waals surface area contributed by atoms with Gasteiger partial charge in [0.15, 0.2) is 0 Å². The number of nitrogens with zero attached hydrogens (tertiary/aromatic N) is 1. The summed E-state index contributed by atoms with van der Waals surface area (Å²) in [6, 6.07) is 0.773. The van der Waals surface area contributed by atoms with Crippen LogP contribution >= 0.6 is 11.8 Å². The topological polar surface area (TPSA) is 15.3 Å². The van der Waals surface area contributed by atoms with Gasteiger partial charge < -0.3 is 10.2 Å². The Kier molecular flexibility index (Phi) is 2.12. The molecule has 0 aromatic carbocycles. The molecule has 2 aliphatic heterocycles. The summed E-state index contributed by atoms with van der Waals surface area (Å²) < 4.78 is 0. The second-order valence-corrected chi connectivity index (χ2v) is 4.92. The molecule has 0 saturated carbocycles. The van der Waals surface area contributed by atoms with E-state index >= 15 is 0 Å². The van der Waals surface area contributed by atoms with E-state index in [0.717, 1.165) is 17.2 Å². The predicted molar refractivity (Wildman–Crippen MR) is 50.1 cm³/mol. The van der Waals surface area contributed by atoms with Crippen LogP contribution in [0, 0.1) is 5.92 Å². The highest BCUT2D eigenvalue weighted by Crippen LogP contribution is 2.37. The van der Waals surface area contributed by atoms with Crippen LogP contribution < -0.4 is 5.32 Å². The van der Waals surface area contributed by atoms with E-state index in [1.807, 2.05) is 0 Å². The third-order valence-electron chi connectivity index (χ3n) is 2.87. The van der Waals surface area contributed by atoms with E-state index < -0.39 is 0 Å². The van der Waals surface area contributed by atoms with Crippen molar-refractivity contribution in [3.05, 3.63) is 0 Å². The third kappa shape index (κ3) is 1.30. The molecule has 64 valence electrons. The Bertz CT molecular complexity index is 149. The normalized spacial score (nSPS) is 44.7. The molecule has 2 fully saturated rings. The van der Waals surface area contributed by atoms with Crippen molar-refractivity contribution in [3.63, 3.8) is 0 Å². The quantitative estimate of drug-likeness (QED) is 0.610. The molecule has 2 nitrogen and oxygen atoms in total. The lowest BCUT2D eigenvalue weighted by atomic mass is 10.0. The summed E-state index contributed by atoms with van der Waals surface area (Å²) in [5, 5.41) is 4.32. The van der Waals surface area contributed by atoms with Gasteiger partial charge in [-0.25, -0.2) is 0 Å². The van der Waals surface area contributed by atoms with Crippen LogP contribution in [0.3, 0.4) is 0 Å². The van der Waals surface area contributed by atoms with Gasteiger partial charge in [0, 0.05) is 36.1 Å². The zero-order valence-corrected chi connectivity index (χ0v) is 8.03. The van der Waals surface area contributed by atoms with Crippen LogP contribution in [-0.4, -0.2) is 49.1 Å². The maximum absolute atomic E-state index is 3.41. The van der Waals surface area contributed by atoms with E-state index in [-0.39, 0.29) is 0 Å². The second kappa shape index (κ2) is 2.96. The minimum absolute atomic E-state index is 0.773. The van der Waals surface area contributed by atoms with Crippen molar-refractivity contribution in [1.82, 2.24) is 10.2 Å². The Hall–Kier alpha value is 0.270. The Morgan fingerprint density at radius 1 is 1.45 bits per heavy atom. The summed E-state index contributed by atoms with van der Waals surface area (Å²) in [5.41, 5.74) is 0. The summed E-state index contributed by atoms with van der Waals surface area (Å²) in [6.45, 7) is 2.59. The maximum atomic E-state index is 3.41. The van der Waals surface area contributed by atoms with E-state index in [1.54, 1.807) is 0 Å². The predicted octanol–water partition coefficient (Wildman–Crippen LogP) is 0.251. The molecule has 3 atom stereocenters. The summed E-state index contributed by atoms with van der Waals surface area (Å²) in [6.07, 6.45) is 0. The van der Waals surface area contributed by atoms with E-state index in [1.165, 1.54) is 18.8 Å². The zero-order chi connectivity index (χ0) is 7.84. The van der Waals surface area contributed by atoms with Crippen molar-refractivity contribution in [2.24, 2.45) is 5.92 Å². The summed E-state index contributed by atoms with van der Waals surface area (Å²) in [4.78, 5) is 2.45. The molecule has 3 heteroatoms. The number of thioether (sulfide) groups is 1. The fourth-order valence-electron chi connectivity index (χ4n) is 2.21. The van der Waals surface area contributed by atoms with Gasteiger partial charge in [0.05, 0.1) is 0 Å². The summed E-state index contributed by atoms with van der Waals surface area (Å²) in [5.74, 6) is 2.23. The molecule has 11 heavy (non-hydrogen) atoms. The first-order chi connectivity index (χ1) is 5.31. The number of fused-ring (bicyclic) bond motifs is 1. The van der Waals surface area contributed by atoms with Gasteiger partial charge in [-0.05, 0) is 14.1 Å². The first-order valence-electron chi connectivity index (χ1n) is 4.28. The lowest BCUT2D eigenvalue weighted by Gasteiger charge is -2.16. The van der Waals surface area contributed by atoms with Crippen LogP contribution in [0.1, 0.15) is 0 Å². The molecule has 2 heterocycles. The Morgan fingerprint density at radius 3 is 3.00 bits per heavy atom. The standard InChI is InChI=1S/C8H16N2S/c1-9-7-5-11-8-4-10(2)3-6(7)8/h6-9H,3-5H2,1-2H3. The van der Waals surface area contributed by atoms with Gasteiger partial charge in [-0.3, -0.25) is 0 Å². The molecule has 0 aromatic heterocycles. The number of hydrogen-bond donors (Lipinski definition) is 1. The highest BCUT2D eigenvalue weighted by molar-refractivity contribution is 8.00. The van der Waals surface area contributed by atoms with Gasteiger partial charge in [0.2, 0.25) is 0 Å². The van der Waals surface area contributed by atoms with Gasteiger partial charge in [-0.2, -0.15) is 11.8 Å².